The van der Waals surface area contributed by atoms with E-state index in [9.17, 15) is 9.59 Å². The molecule has 2 bridgehead atoms. The highest BCUT2D eigenvalue weighted by Crippen LogP contribution is 2.49. The van der Waals surface area contributed by atoms with E-state index in [4.69, 9.17) is 9.47 Å². The summed E-state index contributed by atoms with van der Waals surface area (Å²) < 4.78 is 12.1. The second-order valence-electron chi connectivity index (χ2n) is 10.3. The molecule has 2 aromatic carbocycles. The molecule has 2 aromatic rings. The van der Waals surface area contributed by atoms with Crippen LogP contribution in [0.4, 0.5) is 0 Å². The molecule has 2 atom stereocenters. The van der Waals surface area contributed by atoms with Gasteiger partial charge >= 0.3 is 11.9 Å². The van der Waals surface area contributed by atoms with Crippen LogP contribution in [0, 0.1) is 11.8 Å². The maximum Gasteiger partial charge on any atom is 0.340 e. The molecule has 0 aliphatic heterocycles. The van der Waals surface area contributed by atoms with Crippen molar-refractivity contribution in [1.82, 2.24) is 0 Å². The lowest BCUT2D eigenvalue weighted by Crippen LogP contribution is -2.24. The first-order valence-corrected chi connectivity index (χ1v) is 14.4. The van der Waals surface area contributed by atoms with Crippen LogP contribution in [0.5, 0.6) is 11.5 Å². The summed E-state index contributed by atoms with van der Waals surface area (Å²) in [6.07, 6.45) is 7.99. The van der Waals surface area contributed by atoms with Crippen LogP contribution in [0.1, 0.15) is 94.2 Å². The molecule has 0 spiro atoms. The Morgan fingerprint density at radius 2 is 0.973 bits per heavy atom. The second kappa shape index (κ2) is 11.7. The topological polar surface area (TPSA) is 52.6 Å². The lowest BCUT2D eigenvalue weighted by Gasteiger charge is -2.21. The zero-order valence-electron chi connectivity index (χ0n) is 23.5. The monoisotopic (exact) mass is 502 g/mol. The number of benzene rings is 2. The molecule has 2 aliphatic rings. The summed E-state index contributed by atoms with van der Waals surface area (Å²) in [6, 6.07) is 8.00. The van der Waals surface area contributed by atoms with Gasteiger partial charge in [0.2, 0.25) is 0 Å². The Morgan fingerprint density at radius 1 is 0.595 bits per heavy atom. The van der Waals surface area contributed by atoms with E-state index in [1.165, 1.54) is 22.3 Å². The van der Waals surface area contributed by atoms with Crippen molar-refractivity contribution in [1.29, 1.82) is 0 Å². The number of aryl methyl sites for hydroxylation is 2. The summed E-state index contributed by atoms with van der Waals surface area (Å²) in [5.41, 5.74) is 8.42. The SMILES string of the molecule is CCc1ccc(OC(=O)C2=C(C(=O)Oc3ccc(CC)c(CC)c3CC)C3CCC2C3)c(CC)c1CC. The summed E-state index contributed by atoms with van der Waals surface area (Å²) >= 11 is 0. The molecule has 2 unspecified atom stereocenters. The molecule has 0 N–H and O–H groups in total. The molecule has 4 rings (SSSR count). The highest BCUT2D eigenvalue weighted by atomic mass is 16.5. The molecule has 4 nitrogen and oxygen atoms in total. The van der Waals surface area contributed by atoms with Gasteiger partial charge in [-0.1, -0.05) is 53.7 Å². The normalized spacial score (nSPS) is 18.4. The van der Waals surface area contributed by atoms with Crippen molar-refractivity contribution in [3.8, 4) is 11.5 Å². The van der Waals surface area contributed by atoms with E-state index in [1.54, 1.807) is 0 Å². The molecule has 1 fully saturated rings. The number of ether oxygens (including phenoxy) is 2. The van der Waals surface area contributed by atoms with Crippen molar-refractivity contribution < 1.29 is 19.1 Å². The van der Waals surface area contributed by atoms with Gasteiger partial charge in [-0.3, -0.25) is 0 Å². The minimum absolute atomic E-state index is 0.0741. The van der Waals surface area contributed by atoms with Gasteiger partial charge in [-0.2, -0.15) is 0 Å². The Morgan fingerprint density at radius 3 is 1.30 bits per heavy atom. The van der Waals surface area contributed by atoms with Gasteiger partial charge < -0.3 is 9.47 Å². The largest absolute Gasteiger partial charge is 0.423 e. The summed E-state index contributed by atoms with van der Waals surface area (Å²) in [5.74, 6) is 0.633. The van der Waals surface area contributed by atoms with Gasteiger partial charge in [0.05, 0.1) is 11.1 Å². The van der Waals surface area contributed by atoms with Gasteiger partial charge in [-0.15, -0.1) is 0 Å². The number of carbonyl (C=O) groups is 2. The zero-order valence-corrected chi connectivity index (χ0v) is 23.5. The second-order valence-corrected chi connectivity index (χ2v) is 10.3. The molecule has 0 aromatic heterocycles. The van der Waals surface area contributed by atoms with Crippen LogP contribution >= 0.6 is 0 Å². The lowest BCUT2D eigenvalue weighted by atomic mass is 9.91. The maximum absolute atomic E-state index is 13.6. The zero-order chi connectivity index (χ0) is 26.7. The van der Waals surface area contributed by atoms with E-state index in [0.29, 0.717) is 22.6 Å². The number of hydrogen-bond donors (Lipinski definition) is 0. The van der Waals surface area contributed by atoms with Gasteiger partial charge in [0.1, 0.15) is 11.5 Å². The summed E-state index contributed by atoms with van der Waals surface area (Å²) in [5, 5.41) is 0. The van der Waals surface area contributed by atoms with Crippen LogP contribution < -0.4 is 9.47 Å². The van der Waals surface area contributed by atoms with E-state index in [0.717, 1.165) is 68.9 Å². The summed E-state index contributed by atoms with van der Waals surface area (Å²) in [7, 11) is 0. The fourth-order valence-electron chi connectivity index (χ4n) is 6.76. The summed E-state index contributed by atoms with van der Waals surface area (Å²) in [6.45, 7) is 12.8. The van der Waals surface area contributed by atoms with Crippen LogP contribution in [0.25, 0.3) is 0 Å². The van der Waals surface area contributed by atoms with E-state index in [1.807, 2.05) is 12.1 Å². The van der Waals surface area contributed by atoms with E-state index in [-0.39, 0.29) is 23.8 Å². The molecule has 1 saturated carbocycles. The number of esters is 2. The average Bonchev–Trinajstić information content (AvgIpc) is 3.54. The molecule has 2 aliphatic carbocycles. The van der Waals surface area contributed by atoms with Crippen LogP contribution in [0.15, 0.2) is 35.4 Å². The van der Waals surface area contributed by atoms with Gasteiger partial charge in [0.15, 0.2) is 0 Å². The molecular weight excluding hydrogens is 460 g/mol. The quantitative estimate of drug-likeness (QED) is 0.253. The van der Waals surface area contributed by atoms with Crippen LogP contribution in [-0.4, -0.2) is 11.9 Å². The van der Waals surface area contributed by atoms with Gasteiger partial charge in [-0.25, -0.2) is 9.59 Å². The Kier molecular flexibility index (Phi) is 8.56. The van der Waals surface area contributed by atoms with E-state index in [2.05, 4.69) is 53.7 Å². The number of fused-ring (bicyclic) bond motifs is 2. The first kappa shape index (κ1) is 27.2. The van der Waals surface area contributed by atoms with Crippen molar-refractivity contribution in [3.05, 3.63) is 68.8 Å². The Bertz CT molecular complexity index is 1130. The Hall–Kier alpha value is -2.88. The molecule has 37 heavy (non-hydrogen) atoms. The maximum atomic E-state index is 13.6. The third-order valence-corrected chi connectivity index (χ3v) is 8.53. The first-order chi connectivity index (χ1) is 17.9. The minimum atomic E-state index is -0.383. The smallest absolute Gasteiger partial charge is 0.340 e. The fourth-order valence-corrected chi connectivity index (χ4v) is 6.76. The highest BCUT2D eigenvalue weighted by Gasteiger charge is 2.46. The van der Waals surface area contributed by atoms with Crippen molar-refractivity contribution in [2.75, 3.05) is 0 Å². The Balaban J connectivity index is 1.67. The molecule has 0 heterocycles. The number of carbonyl (C=O) groups excluding carboxylic acids is 2. The first-order valence-electron chi connectivity index (χ1n) is 14.4. The molecule has 198 valence electrons. The average molecular weight is 503 g/mol. The Labute approximate surface area is 222 Å². The summed E-state index contributed by atoms with van der Waals surface area (Å²) in [4.78, 5) is 27.2. The lowest BCUT2D eigenvalue weighted by molar-refractivity contribution is -0.133. The molecule has 0 radical (unpaired) electrons. The van der Waals surface area contributed by atoms with E-state index >= 15 is 0 Å². The van der Waals surface area contributed by atoms with E-state index < -0.39 is 0 Å². The standard InChI is InChI=1S/C33H42O4/c1-7-20-15-17-28(26(11-5)24(20)9-3)36-32(34)30-22-13-14-23(19-22)31(30)33(35)37-29-18-16-21(8-2)25(10-4)27(29)12-6/h15-18,22-23H,7-14,19H2,1-6H3. The molecular formula is C33H42O4. The van der Waals surface area contributed by atoms with Crippen molar-refractivity contribution in [3.63, 3.8) is 0 Å². The van der Waals surface area contributed by atoms with Gasteiger partial charge in [0, 0.05) is 0 Å². The van der Waals surface area contributed by atoms with Crippen molar-refractivity contribution in [2.45, 2.75) is 99.3 Å². The highest BCUT2D eigenvalue weighted by molar-refractivity contribution is 6.04. The van der Waals surface area contributed by atoms with Crippen LogP contribution in [0.3, 0.4) is 0 Å². The fraction of sp³-hybridized carbons (Fsp3) is 0.515. The molecule has 0 amide bonds. The third-order valence-electron chi connectivity index (χ3n) is 8.53. The van der Waals surface area contributed by atoms with Gasteiger partial charge in [-0.05, 0) is 115 Å². The number of hydrogen-bond acceptors (Lipinski definition) is 4. The van der Waals surface area contributed by atoms with Crippen molar-refractivity contribution >= 4 is 11.9 Å². The predicted molar refractivity (Wildman–Crippen MR) is 148 cm³/mol. The third kappa shape index (κ3) is 5.00. The van der Waals surface area contributed by atoms with Gasteiger partial charge in [0.25, 0.3) is 0 Å². The van der Waals surface area contributed by atoms with Crippen LogP contribution in [-0.2, 0) is 48.1 Å². The molecule has 0 saturated heterocycles. The molecule has 4 heteroatoms. The van der Waals surface area contributed by atoms with Crippen LogP contribution in [0.2, 0.25) is 0 Å². The minimum Gasteiger partial charge on any atom is -0.423 e. The van der Waals surface area contributed by atoms with Crippen molar-refractivity contribution in [2.24, 2.45) is 11.8 Å². The number of rotatable bonds is 10. The predicted octanol–water partition coefficient (Wildman–Crippen LogP) is 7.30.